The summed E-state index contributed by atoms with van der Waals surface area (Å²) in [6, 6.07) is 3.18. The molecule has 0 saturated carbocycles. The molecule has 0 saturated heterocycles. The highest BCUT2D eigenvalue weighted by Crippen LogP contribution is 2.10. The van der Waals surface area contributed by atoms with Gasteiger partial charge in [0.2, 0.25) is 0 Å². The standard InChI is InChI=1S/C11H15ClN2O2/c1-11(2,5-6-15)14-10(16)8-3-4-9(12)13-7-8/h3-4,7,15H,5-6H2,1-2H3,(H,14,16). The van der Waals surface area contributed by atoms with Crippen molar-refractivity contribution in [3.8, 4) is 0 Å². The van der Waals surface area contributed by atoms with Crippen molar-refractivity contribution < 1.29 is 9.90 Å². The van der Waals surface area contributed by atoms with Crippen LogP contribution < -0.4 is 5.32 Å². The van der Waals surface area contributed by atoms with Gasteiger partial charge in [0.25, 0.3) is 5.91 Å². The van der Waals surface area contributed by atoms with Crippen molar-refractivity contribution in [1.82, 2.24) is 10.3 Å². The van der Waals surface area contributed by atoms with Crippen LogP contribution in [0.2, 0.25) is 5.15 Å². The first-order chi connectivity index (χ1) is 7.44. The lowest BCUT2D eigenvalue weighted by molar-refractivity contribution is 0.0899. The van der Waals surface area contributed by atoms with Gasteiger partial charge < -0.3 is 10.4 Å². The summed E-state index contributed by atoms with van der Waals surface area (Å²) in [5.74, 6) is -0.220. The smallest absolute Gasteiger partial charge is 0.253 e. The maximum Gasteiger partial charge on any atom is 0.253 e. The number of amides is 1. The molecule has 88 valence electrons. The van der Waals surface area contributed by atoms with E-state index in [1.165, 1.54) is 6.20 Å². The number of hydrogen-bond acceptors (Lipinski definition) is 3. The zero-order valence-corrected chi connectivity index (χ0v) is 10.1. The molecule has 0 aliphatic heterocycles. The Morgan fingerprint density at radius 2 is 2.25 bits per heavy atom. The van der Waals surface area contributed by atoms with Gasteiger partial charge in [0, 0.05) is 18.3 Å². The Balaban J connectivity index is 2.69. The molecule has 4 nitrogen and oxygen atoms in total. The Kier molecular flexibility index (Phi) is 4.26. The van der Waals surface area contributed by atoms with Crippen molar-refractivity contribution in [2.24, 2.45) is 0 Å². The summed E-state index contributed by atoms with van der Waals surface area (Å²) in [6.45, 7) is 3.74. The Labute approximate surface area is 99.6 Å². The predicted molar refractivity (Wildman–Crippen MR) is 62.5 cm³/mol. The second kappa shape index (κ2) is 5.27. The number of hydrogen-bond donors (Lipinski definition) is 2. The minimum absolute atomic E-state index is 0.0339. The van der Waals surface area contributed by atoms with E-state index in [4.69, 9.17) is 16.7 Å². The molecule has 1 amide bonds. The van der Waals surface area contributed by atoms with Gasteiger partial charge in [-0.1, -0.05) is 11.6 Å². The van der Waals surface area contributed by atoms with E-state index in [0.29, 0.717) is 17.1 Å². The highest BCUT2D eigenvalue weighted by molar-refractivity contribution is 6.29. The first kappa shape index (κ1) is 12.9. The molecule has 0 spiro atoms. The number of rotatable bonds is 4. The van der Waals surface area contributed by atoms with Gasteiger partial charge in [-0.05, 0) is 32.4 Å². The minimum atomic E-state index is -0.439. The third-order valence-corrected chi connectivity index (χ3v) is 2.40. The molecular weight excluding hydrogens is 228 g/mol. The normalized spacial score (nSPS) is 11.2. The predicted octanol–water partition coefficient (Wildman–Crippen LogP) is 1.63. The van der Waals surface area contributed by atoms with Gasteiger partial charge in [-0.25, -0.2) is 4.98 Å². The zero-order chi connectivity index (χ0) is 12.2. The lowest BCUT2D eigenvalue weighted by Gasteiger charge is -2.25. The third-order valence-electron chi connectivity index (χ3n) is 2.18. The maximum absolute atomic E-state index is 11.8. The molecule has 0 aromatic carbocycles. The van der Waals surface area contributed by atoms with Gasteiger partial charge in [0.15, 0.2) is 0 Å². The summed E-state index contributed by atoms with van der Waals surface area (Å²) >= 11 is 5.62. The van der Waals surface area contributed by atoms with E-state index < -0.39 is 5.54 Å². The first-order valence-electron chi connectivity index (χ1n) is 4.99. The highest BCUT2D eigenvalue weighted by Gasteiger charge is 2.20. The number of carbonyl (C=O) groups excluding carboxylic acids is 1. The second-order valence-corrected chi connectivity index (χ2v) is 4.57. The zero-order valence-electron chi connectivity index (χ0n) is 9.33. The molecule has 0 aliphatic carbocycles. The van der Waals surface area contributed by atoms with Crippen LogP contribution in [0.3, 0.4) is 0 Å². The number of halogens is 1. The fourth-order valence-electron chi connectivity index (χ4n) is 1.23. The molecule has 5 heteroatoms. The Hall–Kier alpha value is -1.13. The van der Waals surface area contributed by atoms with Crippen LogP contribution in [-0.2, 0) is 0 Å². The number of aliphatic hydroxyl groups is 1. The topological polar surface area (TPSA) is 62.2 Å². The molecule has 0 aliphatic rings. The summed E-state index contributed by atoms with van der Waals surface area (Å²) in [7, 11) is 0. The van der Waals surface area contributed by atoms with Crippen LogP contribution >= 0.6 is 11.6 Å². The van der Waals surface area contributed by atoms with Crippen molar-refractivity contribution in [1.29, 1.82) is 0 Å². The maximum atomic E-state index is 11.8. The van der Waals surface area contributed by atoms with Crippen molar-refractivity contribution in [3.63, 3.8) is 0 Å². The minimum Gasteiger partial charge on any atom is -0.396 e. The summed E-state index contributed by atoms with van der Waals surface area (Å²) in [5, 5.41) is 12.0. The number of nitrogens with one attached hydrogen (secondary N) is 1. The van der Waals surface area contributed by atoms with Crippen molar-refractivity contribution in [3.05, 3.63) is 29.0 Å². The first-order valence-corrected chi connectivity index (χ1v) is 5.37. The molecular formula is C11H15ClN2O2. The number of carbonyl (C=O) groups is 1. The Bertz CT molecular complexity index is 363. The highest BCUT2D eigenvalue weighted by atomic mass is 35.5. The summed E-state index contributed by atoms with van der Waals surface area (Å²) in [4.78, 5) is 15.6. The van der Waals surface area contributed by atoms with E-state index in [9.17, 15) is 4.79 Å². The summed E-state index contributed by atoms with van der Waals surface area (Å²) < 4.78 is 0. The van der Waals surface area contributed by atoms with Crippen molar-refractivity contribution in [2.45, 2.75) is 25.8 Å². The molecule has 0 bridgehead atoms. The molecule has 1 aromatic heterocycles. The van der Waals surface area contributed by atoms with Crippen LogP contribution in [0.4, 0.5) is 0 Å². The molecule has 1 heterocycles. The second-order valence-electron chi connectivity index (χ2n) is 4.18. The van der Waals surface area contributed by atoms with Crippen LogP contribution in [0.15, 0.2) is 18.3 Å². The van der Waals surface area contributed by atoms with Crippen LogP contribution in [-0.4, -0.2) is 28.1 Å². The van der Waals surface area contributed by atoms with E-state index >= 15 is 0 Å². The quantitative estimate of drug-likeness (QED) is 0.789. The summed E-state index contributed by atoms with van der Waals surface area (Å²) in [6.07, 6.45) is 1.92. The molecule has 1 aromatic rings. The monoisotopic (exact) mass is 242 g/mol. The lowest BCUT2D eigenvalue weighted by Crippen LogP contribution is -2.44. The van der Waals surface area contributed by atoms with Gasteiger partial charge in [0.1, 0.15) is 5.15 Å². The van der Waals surface area contributed by atoms with Crippen LogP contribution in [0.5, 0.6) is 0 Å². The molecule has 1 rings (SSSR count). The number of aromatic nitrogens is 1. The van der Waals surface area contributed by atoms with E-state index in [1.54, 1.807) is 12.1 Å². The molecule has 0 radical (unpaired) electrons. The molecule has 0 unspecified atom stereocenters. The molecule has 16 heavy (non-hydrogen) atoms. The number of aliphatic hydroxyl groups excluding tert-OH is 1. The molecule has 2 N–H and O–H groups in total. The van der Waals surface area contributed by atoms with Gasteiger partial charge in [-0.3, -0.25) is 4.79 Å². The summed E-state index contributed by atoms with van der Waals surface area (Å²) in [5.41, 5.74) is 0.0151. The fraction of sp³-hybridized carbons (Fsp3) is 0.455. The van der Waals surface area contributed by atoms with Gasteiger partial charge in [-0.2, -0.15) is 0 Å². The average Bonchev–Trinajstić information content (AvgIpc) is 2.17. The van der Waals surface area contributed by atoms with Crippen LogP contribution in [0.1, 0.15) is 30.6 Å². The van der Waals surface area contributed by atoms with Gasteiger partial charge in [-0.15, -0.1) is 0 Å². The SMILES string of the molecule is CC(C)(CCO)NC(=O)c1ccc(Cl)nc1. The van der Waals surface area contributed by atoms with Crippen molar-refractivity contribution >= 4 is 17.5 Å². The Morgan fingerprint density at radius 3 is 2.75 bits per heavy atom. The van der Waals surface area contributed by atoms with Crippen LogP contribution in [0, 0.1) is 0 Å². The van der Waals surface area contributed by atoms with E-state index in [1.807, 2.05) is 13.8 Å². The number of nitrogens with zero attached hydrogens (tertiary/aromatic N) is 1. The lowest BCUT2D eigenvalue weighted by atomic mass is 10.0. The van der Waals surface area contributed by atoms with E-state index in [-0.39, 0.29) is 12.5 Å². The third kappa shape index (κ3) is 3.79. The largest absolute Gasteiger partial charge is 0.396 e. The molecule has 0 atom stereocenters. The van der Waals surface area contributed by atoms with Crippen molar-refractivity contribution in [2.75, 3.05) is 6.61 Å². The average molecular weight is 243 g/mol. The Morgan fingerprint density at radius 1 is 1.56 bits per heavy atom. The van der Waals surface area contributed by atoms with Gasteiger partial charge in [0.05, 0.1) is 5.56 Å². The van der Waals surface area contributed by atoms with E-state index in [0.717, 1.165) is 0 Å². The van der Waals surface area contributed by atoms with Gasteiger partial charge >= 0.3 is 0 Å². The number of pyridine rings is 1. The molecule has 0 fully saturated rings. The van der Waals surface area contributed by atoms with E-state index in [2.05, 4.69) is 10.3 Å². The van der Waals surface area contributed by atoms with Crippen LogP contribution in [0.25, 0.3) is 0 Å². The fourth-order valence-corrected chi connectivity index (χ4v) is 1.34.